The average molecular weight is 475 g/mol. The highest BCUT2D eigenvalue weighted by Gasteiger charge is 2.28. The zero-order valence-corrected chi connectivity index (χ0v) is 21.7. The van der Waals surface area contributed by atoms with Crippen LogP contribution in [-0.4, -0.2) is 65.8 Å². The zero-order chi connectivity index (χ0) is 25.3. The van der Waals surface area contributed by atoms with E-state index in [-0.39, 0.29) is 12.2 Å². The van der Waals surface area contributed by atoms with Gasteiger partial charge in [0.1, 0.15) is 11.2 Å². The second kappa shape index (κ2) is 9.68. The van der Waals surface area contributed by atoms with E-state index in [2.05, 4.69) is 10.2 Å². The number of aryl methyl sites for hydroxylation is 2. The maximum absolute atomic E-state index is 11.9. The number of ether oxygens (including phenoxy) is 2. The van der Waals surface area contributed by atoms with Gasteiger partial charge < -0.3 is 19.3 Å². The summed E-state index contributed by atoms with van der Waals surface area (Å²) in [6.45, 7) is 13.8. The van der Waals surface area contributed by atoms with Gasteiger partial charge in [-0.25, -0.2) is 9.59 Å². The maximum Gasteiger partial charge on any atom is 0.410 e. The number of amides is 2. The number of carbonyl (C=O) groups excluding carboxylic acids is 2. The molecule has 0 fully saturated rings. The number of rotatable bonds is 0. The number of fused-ring (bicyclic) bond motifs is 2. The molecular weight excluding hydrogens is 436 g/mol. The highest BCUT2D eigenvalue weighted by Crippen LogP contribution is 2.21. The van der Waals surface area contributed by atoms with Crippen molar-refractivity contribution in [3.05, 3.63) is 34.9 Å². The Morgan fingerprint density at radius 1 is 0.853 bits per heavy atom. The van der Waals surface area contributed by atoms with Crippen LogP contribution in [0, 0.1) is 0 Å². The Hall–Kier alpha value is -3.04. The van der Waals surface area contributed by atoms with Crippen molar-refractivity contribution in [2.24, 2.45) is 14.1 Å². The first-order valence-electron chi connectivity index (χ1n) is 11.7. The molecule has 0 N–H and O–H groups in total. The molecule has 34 heavy (non-hydrogen) atoms. The van der Waals surface area contributed by atoms with Gasteiger partial charge in [0.05, 0.1) is 25.0 Å². The SMILES string of the molecule is Cn1cc2c(n1)CCN(C(=O)OC(C)(C)C)C2.Cn1ncc2c1CCN(C(=O)OC(C)(C)C)C2. The maximum atomic E-state index is 11.9. The van der Waals surface area contributed by atoms with Crippen molar-refractivity contribution in [1.29, 1.82) is 0 Å². The standard InChI is InChI=1S/2C12H19N3O2/c1-12(2,3)17-11(16)15-6-5-10-9(8-15)7-14(4)13-10;1-12(2,3)17-11(16)15-6-5-10-9(8-15)7-13-14(10)4/h2*7H,5-6,8H2,1-4H3. The van der Waals surface area contributed by atoms with Crippen molar-refractivity contribution in [2.75, 3.05) is 13.1 Å². The van der Waals surface area contributed by atoms with Crippen LogP contribution in [0.5, 0.6) is 0 Å². The second-order valence-electron chi connectivity index (χ2n) is 10.8. The fourth-order valence-corrected chi connectivity index (χ4v) is 3.90. The Morgan fingerprint density at radius 2 is 1.38 bits per heavy atom. The van der Waals surface area contributed by atoms with Crippen LogP contribution in [0.2, 0.25) is 0 Å². The lowest BCUT2D eigenvalue weighted by atomic mass is 10.1. The first-order valence-corrected chi connectivity index (χ1v) is 11.7. The molecule has 0 aromatic carbocycles. The lowest BCUT2D eigenvalue weighted by Crippen LogP contribution is -2.40. The highest BCUT2D eigenvalue weighted by molar-refractivity contribution is 5.69. The molecule has 2 amide bonds. The zero-order valence-electron chi connectivity index (χ0n) is 21.7. The van der Waals surface area contributed by atoms with Crippen LogP contribution in [0.25, 0.3) is 0 Å². The summed E-state index contributed by atoms with van der Waals surface area (Å²) < 4.78 is 14.4. The van der Waals surface area contributed by atoms with E-state index >= 15 is 0 Å². The molecule has 2 aromatic heterocycles. The first kappa shape index (κ1) is 25.6. The Labute approximate surface area is 201 Å². The van der Waals surface area contributed by atoms with E-state index in [4.69, 9.17) is 9.47 Å². The van der Waals surface area contributed by atoms with Gasteiger partial charge in [0.15, 0.2) is 0 Å². The number of carbonyl (C=O) groups is 2. The molecule has 0 spiro atoms. The molecule has 2 aliphatic heterocycles. The van der Waals surface area contributed by atoms with Gasteiger partial charge in [0.2, 0.25) is 0 Å². The normalized spacial score (nSPS) is 15.6. The molecule has 0 aliphatic carbocycles. The molecule has 4 rings (SSSR count). The van der Waals surface area contributed by atoms with Gasteiger partial charge in [-0.05, 0) is 41.5 Å². The van der Waals surface area contributed by atoms with Gasteiger partial charge in [-0.3, -0.25) is 9.36 Å². The van der Waals surface area contributed by atoms with E-state index in [1.807, 2.05) is 72.7 Å². The molecule has 10 nitrogen and oxygen atoms in total. The Bertz CT molecular complexity index is 997. The minimum absolute atomic E-state index is 0.244. The number of hydrogen-bond acceptors (Lipinski definition) is 6. The van der Waals surface area contributed by atoms with E-state index in [9.17, 15) is 9.59 Å². The third-order valence-corrected chi connectivity index (χ3v) is 5.40. The van der Waals surface area contributed by atoms with Crippen molar-refractivity contribution in [1.82, 2.24) is 29.4 Å². The number of aromatic nitrogens is 4. The summed E-state index contributed by atoms with van der Waals surface area (Å²) in [5.41, 5.74) is 3.66. The lowest BCUT2D eigenvalue weighted by molar-refractivity contribution is 0.0213. The molecular formula is C24H38N6O4. The number of nitrogens with zero attached hydrogens (tertiary/aromatic N) is 6. The highest BCUT2D eigenvalue weighted by atomic mass is 16.6. The fraction of sp³-hybridized carbons (Fsp3) is 0.667. The van der Waals surface area contributed by atoms with Crippen LogP contribution in [0.1, 0.15) is 64.1 Å². The summed E-state index contributed by atoms with van der Waals surface area (Å²) in [7, 11) is 3.83. The second-order valence-corrected chi connectivity index (χ2v) is 10.8. The minimum Gasteiger partial charge on any atom is -0.444 e. The van der Waals surface area contributed by atoms with Crippen molar-refractivity contribution in [3.8, 4) is 0 Å². The van der Waals surface area contributed by atoms with Gasteiger partial charge in [0.25, 0.3) is 0 Å². The van der Waals surface area contributed by atoms with E-state index < -0.39 is 11.2 Å². The molecule has 2 aromatic rings. The summed E-state index contributed by atoms with van der Waals surface area (Å²) in [5, 5.41) is 8.56. The summed E-state index contributed by atoms with van der Waals surface area (Å²) >= 11 is 0. The quantitative estimate of drug-likeness (QED) is 0.581. The van der Waals surface area contributed by atoms with Crippen molar-refractivity contribution >= 4 is 12.2 Å². The van der Waals surface area contributed by atoms with Crippen molar-refractivity contribution in [3.63, 3.8) is 0 Å². The third-order valence-electron chi connectivity index (χ3n) is 5.40. The van der Waals surface area contributed by atoms with E-state index in [1.165, 1.54) is 5.69 Å². The molecule has 0 radical (unpaired) electrons. The van der Waals surface area contributed by atoms with Gasteiger partial charge in [-0.2, -0.15) is 10.2 Å². The van der Waals surface area contributed by atoms with Gasteiger partial charge in [-0.1, -0.05) is 0 Å². The molecule has 0 saturated heterocycles. The third kappa shape index (κ3) is 6.74. The van der Waals surface area contributed by atoms with Crippen LogP contribution in [0.3, 0.4) is 0 Å². The predicted octanol–water partition coefficient (Wildman–Crippen LogP) is 3.43. The van der Waals surface area contributed by atoms with Crippen LogP contribution in [0.4, 0.5) is 9.59 Å². The van der Waals surface area contributed by atoms with E-state index in [0.717, 1.165) is 29.7 Å². The first-order chi connectivity index (χ1) is 15.7. The molecule has 188 valence electrons. The van der Waals surface area contributed by atoms with Crippen LogP contribution in [-0.2, 0) is 49.5 Å². The summed E-state index contributed by atoms with van der Waals surface area (Å²) in [4.78, 5) is 27.3. The Morgan fingerprint density at radius 3 is 1.94 bits per heavy atom. The molecule has 0 unspecified atom stereocenters. The average Bonchev–Trinajstić information content (AvgIpc) is 3.26. The van der Waals surface area contributed by atoms with Crippen molar-refractivity contribution in [2.45, 2.75) is 78.7 Å². The van der Waals surface area contributed by atoms with Crippen molar-refractivity contribution < 1.29 is 19.1 Å². The predicted molar refractivity (Wildman–Crippen MR) is 127 cm³/mol. The largest absolute Gasteiger partial charge is 0.444 e. The Kier molecular flexibility index (Phi) is 7.28. The number of hydrogen-bond donors (Lipinski definition) is 0. The minimum atomic E-state index is -0.438. The molecule has 2 aliphatic rings. The van der Waals surface area contributed by atoms with Gasteiger partial charge in [0, 0.05) is 63.0 Å². The smallest absolute Gasteiger partial charge is 0.410 e. The fourth-order valence-electron chi connectivity index (χ4n) is 3.90. The summed E-state index contributed by atoms with van der Waals surface area (Å²) in [5.74, 6) is 0. The molecule has 0 atom stereocenters. The van der Waals surface area contributed by atoms with Crippen LogP contribution >= 0.6 is 0 Å². The summed E-state index contributed by atoms with van der Waals surface area (Å²) in [6.07, 6.45) is 4.94. The summed E-state index contributed by atoms with van der Waals surface area (Å²) in [6, 6.07) is 0. The molecule has 10 heteroatoms. The molecule has 0 saturated carbocycles. The molecule has 4 heterocycles. The van der Waals surface area contributed by atoms with Crippen LogP contribution in [0.15, 0.2) is 12.4 Å². The van der Waals surface area contributed by atoms with E-state index in [0.29, 0.717) is 26.2 Å². The Balaban J connectivity index is 0.000000191. The van der Waals surface area contributed by atoms with Gasteiger partial charge in [-0.15, -0.1) is 0 Å². The molecule has 0 bridgehead atoms. The lowest BCUT2D eigenvalue weighted by Gasteiger charge is -2.30. The monoisotopic (exact) mass is 474 g/mol. The van der Waals surface area contributed by atoms with E-state index in [1.54, 1.807) is 14.5 Å². The van der Waals surface area contributed by atoms with Crippen LogP contribution < -0.4 is 0 Å². The van der Waals surface area contributed by atoms with Gasteiger partial charge >= 0.3 is 12.2 Å². The topological polar surface area (TPSA) is 94.7 Å².